The van der Waals surface area contributed by atoms with Gasteiger partial charge in [0.25, 0.3) is 5.91 Å². The van der Waals surface area contributed by atoms with Crippen molar-refractivity contribution in [3.63, 3.8) is 0 Å². The van der Waals surface area contributed by atoms with Gasteiger partial charge in [0.2, 0.25) is 0 Å². The molecule has 2 aromatic carbocycles. The second-order valence-electron chi connectivity index (χ2n) is 8.78. The molecule has 0 radical (unpaired) electrons. The number of carbonyl (C=O) groups excluding carboxylic acids is 1. The van der Waals surface area contributed by atoms with E-state index in [1.807, 2.05) is 41.3 Å². The Balaban J connectivity index is 1.19. The summed E-state index contributed by atoms with van der Waals surface area (Å²) >= 11 is 7.80. The number of pyridine rings is 1. The third-order valence-electron chi connectivity index (χ3n) is 6.22. The molecule has 1 fully saturated rings. The second-order valence-corrected chi connectivity index (χ2v) is 10.1. The third kappa shape index (κ3) is 6.59. The lowest BCUT2D eigenvalue weighted by atomic mass is 10.1. The molecule has 38 heavy (non-hydrogen) atoms. The van der Waals surface area contributed by atoms with Crippen LogP contribution < -0.4 is 15.1 Å². The minimum Gasteiger partial charge on any atom is -0.366 e. The minimum absolute atomic E-state index is 0.135. The predicted molar refractivity (Wildman–Crippen MR) is 149 cm³/mol. The summed E-state index contributed by atoms with van der Waals surface area (Å²) in [5.74, 6) is 1.00. The second kappa shape index (κ2) is 12.2. The quantitative estimate of drug-likeness (QED) is 0.184. The van der Waals surface area contributed by atoms with Gasteiger partial charge < -0.3 is 15.1 Å². The zero-order valence-electron chi connectivity index (χ0n) is 20.6. The van der Waals surface area contributed by atoms with E-state index in [4.69, 9.17) is 16.6 Å². The van der Waals surface area contributed by atoms with Gasteiger partial charge in [0.05, 0.1) is 5.69 Å². The zero-order valence-corrected chi connectivity index (χ0v) is 22.1. The van der Waals surface area contributed by atoms with Gasteiger partial charge >= 0.3 is 0 Å². The van der Waals surface area contributed by atoms with Crippen LogP contribution in [0, 0.1) is 5.82 Å². The van der Waals surface area contributed by atoms with E-state index in [0.29, 0.717) is 60.0 Å². The Kier molecular flexibility index (Phi) is 8.35. The number of para-hydroxylation sites is 1. The SMILES string of the molecule is O=C(NCc1ccncc1)c1cccc(CSc2nc(Cl)cc(N3CCN(c4ccccc4F)CC3)n2)c1. The molecule has 1 saturated heterocycles. The molecule has 194 valence electrons. The maximum atomic E-state index is 14.2. The highest BCUT2D eigenvalue weighted by molar-refractivity contribution is 7.98. The number of hydrogen-bond donors (Lipinski definition) is 1. The molecule has 7 nitrogen and oxygen atoms in total. The summed E-state index contributed by atoms with van der Waals surface area (Å²) < 4.78 is 14.2. The lowest BCUT2D eigenvalue weighted by molar-refractivity contribution is 0.0951. The normalized spacial score (nSPS) is 13.4. The van der Waals surface area contributed by atoms with Crippen LogP contribution >= 0.6 is 23.4 Å². The van der Waals surface area contributed by atoms with Crippen LogP contribution in [-0.4, -0.2) is 47.0 Å². The first kappa shape index (κ1) is 25.9. The van der Waals surface area contributed by atoms with Crippen molar-refractivity contribution in [2.75, 3.05) is 36.0 Å². The van der Waals surface area contributed by atoms with Crippen LogP contribution in [0.3, 0.4) is 0 Å². The maximum Gasteiger partial charge on any atom is 0.251 e. The van der Waals surface area contributed by atoms with Crippen molar-refractivity contribution in [2.45, 2.75) is 17.5 Å². The number of amides is 1. The molecule has 0 aliphatic carbocycles. The minimum atomic E-state index is -0.208. The molecule has 5 rings (SSSR count). The molecule has 10 heteroatoms. The number of piperazine rings is 1. The van der Waals surface area contributed by atoms with Gasteiger partial charge in [-0.3, -0.25) is 9.78 Å². The van der Waals surface area contributed by atoms with Crippen LogP contribution in [0.25, 0.3) is 0 Å². The van der Waals surface area contributed by atoms with E-state index in [1.165, 1.54) is 17.8 Å². The molecule has 1 amide bonds. The van der Waals surface area contributed by atoms with E-state index in [2.05, 4.69) is 20.2 Å². The lowest BCUT2D eigenvalue weighted by Gasteiger charge is -2.36. The molecular formula is C28H26ClFN6OS. The van der Waals surface area contributed by atoms with E-state index in [-0.39, 0.29) is 11.7 Å². The van der Waals surface area contributed by atoms with Gasteiger partial charge in [-0.1, -0.05) is 47.6 Å². The van der Waals surface area contributed by atoms with Crippen molar-refractivity contribution in [2.24, 2.45) is 0 Å². The van der Waals surface area contributed by atoms with Crippen LogP contribution in [0.4, 0.5) is 15.9 Å². The fourth-order valence-electron chi connectivity index (χ4n) is 4.23. The molecule has 0 atom stereocenters. The molecule has 0 spiro atoms. The number of aromatic nitrogens is 3. The van der Waals surface area contributed by atoms with Gasteiger partial charge in [-0.25, -0.2) is 14.4 Å². The number of nitrogens with zero attached hydrogens (tertiary/aromatic N) is 5. The van der Waals surface area contributed by atoms with Gasteiger partial charge in [0, 0.05) is 62.5 Å². The first-order valence-corrected chi connectivity index (χ1v) is 13.6. The van der Waals surface area contributed by atoms with Gasteiger partial charge in [-0.05, 0) is 47.5 Å². The smallest absolute Gasteiger partial charge is 0.251 e. The molecule has 2 aromatic heterocycles. The fraction of sp³-hybridized carbons (Fsp3) is 0.214. The monoisotopic (exact) mass is 548 g/mol. The maximum absolute atomic E-state index is 14.2. The zero-order chi connectivity index (χ0) is 26.3. The summed E-state index contributed by atoms with van der Waals surface area (Å²) in [5.41, 5.74) is 3.19. The fourth-order valence-corrected chi connectivity index (χ4v) is 5.26. The Labute approximate surface area is 230 Å². The Hall–Kier alpha value is -3.69. The summed E-state index contributed by atoms with van der Waals surface area (Å²) in [6.45, 7) is 3.20. The highest BCUT2D eigenvalue weighted by Gasteiger charge is 2.21. The molecule has 3 heterocycles. The summed E-state index contributed by atoms with van der Waals surface area (Å²) in [6.07, 6.45) is 3.41. The number of anilines is 2. The Bertz CT molecular complexity index is 1400. The molecule has 0 unspecified atom stereocenters. The number of thioether (sulfide) groups is 1. The van der Waals surface area contributed by atoms with Crippen LogP contribution in [-0.2, 0) is 12.3 Å². The number of rotatable bonds is 8. The molecular weight excluding hydrogens is 523 g/mol. The van der Waals surface area contributed by atoms with Crippen molar-refractivity contribution < 1.29 is 9.18 Å². The number of nitrogens with one attached hydrogen (secondary N) is 1. The lowest BCUT2D eigenvalue weighted by Crippen LogP contribution is -2.47. The van der Waals surface area contributed by atoms with E-state index in [0.717, 1.165) is 16.9 Å². The molecule has 4 aromatic rings. The van der Waals surface area contributed by atoms with Crippen LogP contribution in [0.15, 0.2) is 84.3 Å². The van der Waals surface area contributed by atoms with Gasteiger partial charge in [0.1, 0.15) is 16.8 Å². The first-order valence-electron chi connectivity index (χ1n) is 12.2. The van der Waals surface area contributed by atoms with Crippen LogP contribution in [0.2, 0.25) is 5.15 Å². The topological polar surface area (TPSA) is 74.2 Å². The largest absolute Gasteiger partial charge is 0.366 e. The van der Waals surface area contributed by atoms with Crippen molar-refractivity contribution in [1.82, 2.24) is 20.3 Å². The van der Waals surface area contributed by atoms with Gasteiger partial charge in [-0.2, -0.15) is 0 Å². The third-order valence-corrected chi connectivity index (χ3v) is 7.33. The van der Waals surface area contributed by atoms with Crippen molar-refractivity contribution in [3.8, 4) is 0 Å². The Morgan fingerprint density at radius 2 is 1.68 bits per heavy atom. The average Bonchev–Trinajstić information content (AvgIpc) is 2.96. The average molecular weight is 549 g/mol. The van der Waals surface area contributed by atoms with Crippen molar-refractivity contribution in [1.29, 1.82) is 0 Å². The molecule has 1 N–H and O–H groups in total. The van der Waals surface area contributed by atoms with Gasteiger partial charge in [0.15, 0.2) is 5.16 Å². The molecule has 0 bridgehead atoms. The first-order chi connectivity index (χ1) is 18.5. The van der Waals surface area contributed by atoms with Crippen molar-refractivity contribution in [3.05, 3.63) is 107 Å². The van der Waals surface area contributed by atoms with Crippen LogP contribution in [0.5, 0.6) is 0 Å². The summed E-state index contributed by atoms with van der Waals surface area (Å²) in [5, 5.41) is 3.88. The molecule has 0 saturated carbocycles. The number of benzene rings is 2. The highest BCUT2D eigenvalue weighted by atomic mass is 35.5. The van der Waals surface area contributed by atoms with E-state index in [9.17, 15) is 9.18 Å². The molecule has 1 aliphatic heterocycles. The molecule has 1 aliphatic rings. The Morgan fingerprint density at radius 1 is 0.921 bits per heavy atom. The van der Waals surface area contributed by atoms with Crippen LogP contribution in [0.1, 0.15) is 21.5 Å². The van der Waals surface area contributed by atoms with E-state index < -0.39 is 0 Å². The summed E-state index contributed by atoms with van der Waals surface area (Å²) in [6, 6.07) is 19.9. The van der Waals surface area contributed by atoms with Gasteiger partial charge in [-0.15, -0.1) is 0 Å². The summed E-state index contributed by atoms with van der Waals surface area (Å²) in [4.78, 5) is 29.9. The predicted octanol–water partition coefficient (Wildman–Crippen LogP) is 5.21. The van der Waals surface area contributed by atoms with E-state index in [1.54, 1.807) is 36.7 Å². The van der Waals surface area contributed by atoms with Crippen molar-refractivity contribution >= 4 is 40.8 Å². The number of hydrogen-bond acceptors (Lipinski definition) is 7. The number of halogens is 2. The standard InChI is InChI=1S/C28H26ClFN6OS/c29-25-17-26(36-14-12-35(13-15-36)24-7-2-1-6-23(24)30)34-28(33-25)38-19-21-4-3-5-22(16-21)27(37)32-18-20-8-10-31-11-9-20/h1-11,16-17H,12-15,18-19H2,(H,32,37). The van der Waals surface area contributed by atoms with E-state index >= 15 is 0 Å². The summed E-state index contributed by atoms with van der Waals surface area (Å²) in [7, 11) is 0. The highest BCUT2D eigenvalue weighted by Crippen LogP contribution is 2.27. The Morgan fingerprint density at radius 3 is 2.47 bits per heavy atom. The number of carbonyl (C=O) groups is 1.